The molecule has 1 heterocycles. The fourth-order valence-electron chi connectivity index (χ4n) is 8.00. The molecule has 0 aliphatic carbocycles. The number of nitro benzene ring substituents is 2. The van der Waals surface area contributed by atoms with Crippen LogP contribution in [0.5, 0.6) is 0 Å². The molecule has 0 amide bonds. The number of nitro groups is 2. The van der Waals surface area contributed by atoms with Crippen molar-refractivity contribution in [2.45, 2.75) is 31.3 Å². The summed E-state index contributed by atoms with van der Waals surface area (Å²) in [5.41, 5.74) is 0.918. The van der Waals surface area contributed by atoms with E-state index in [0.29, 0.717) is 30.2 Å². The highest BCUT2D eigenvalue weighted by atomic mass is 28.3. The molecule has 54 heavy (non-hydrogen) atoms. The third kappa shape index (κ3) is 6.05. The summed E-state index contributed by atoms with van der Waals surface area (Å²) in [6.45, 7) is 0.318. The molecule has 0 saturated carbocycles. The predicted molar refractivity (Wildman–Crippen MR) is 213 cm³/mol. The van der Waals surface area contributed by atoms with Crippen LogP contribution in [0.25, 0.3) is 53.9 Å². The van der Waals surface area contributed by atoms with E-state index in [9.17, 15) is 20.2 Å². The summed E-state index contributed by atoms with van der Waals surface area (Å²) in [4.78, 5) is 23.1. The van der Waals surface area contributed by atoms with Gasteiger partial charge in [-0.25, -0.2) is 0 Å². The van der Waals surface area contributed by atoms with Gasteiger partial charge in [0.25, 0.3) is 11.4 Å². The van der Waals surface area contributed by atoms with Crippen LogP contribution in [0.2, 0.25) is 6.04 Å². The number of hydrogen-bond acceptors (Lipinski definition) is 7. The molecule has 1 aliphatic heterocycles. The zero-order valence-corrected chi connectivity index (χ0v) is 30.1. The Morgan fingerprint density at radius 3 is 1.83 bits per heavy atom. The minimum atomic E-state index is -2.08. The lowest BCUT2D eigenvalue weighted by molar-refractivity contribution is -0.386. The first-order valence-electron chi connectivity index (χ1n) is 17.8. The van der Waals surface area contributed by atoms with Crippen LogP contribution >= 0.6 is 0 Å². The van der Waals surface area contributed by atoms with Crippen molar-refractivity contribution >= 4 is 74.5 Å². The van der Waals surface area contributed by atoms with Crippen molar-refractivity contribution in [3.05, 3.63) is 176 Å². The molecule has 1 atom stereocenters. The third-order valence-corrected chi connectivity index (χ3v) is 12.5. The minimum Gasteiger partial charge on any atom is -0.393 e. The molecule has 8 aromatic carbocycles. The van der Waals surface area contributed by atoms with E-state index >= 15 is 0 Å². The van der Waals surface area contributed by atoms with Crippen LogP contribution in [-0.2, 0) is 32.4 Å². The van der Waals surface area contributed by atoms with Gasteiger partial charge in [0.1, 0.15) is 0 Å². The molecule has 1 saturated heterocycles. The summed E-state index contributed by atoms with van der Waals surface area (Å²) in [6, 6.07) is 45.8. The highest BCUT2D eigenvalue weighted by molar-refractivity contribution is 6.45. The van der Waals surface area contributed by atoms with Crippen LogP contribution < -0.4 is 0 Å². The van der Waals surface area contributed by atoms with E-state index in [1.807, 2.05) is 12.1 Å². The largest absolute Gasteiger partial charge is 0.393 e. The Morgan fingerprint density at radius 2 is 1.13 bits per heavy atom. The monoisotopic (exact) mass is 729 g/mol. The van der Waals surface area contributed by atoms with Crippen molar-refractivity contribution in [1.82, 2.24) is 0 Å². The van der Waals surface area contributed by atoms with Crippen molar-refractivity contribution < 1.29 is 23.4 Å². The second kappa shape index (κ2) is 13.7. The van der Waals surface area contributed by atoms with Gasteiger partial charge in [-0.3, -0.25) is 20.2 Å². The predicted octanol–water partition coefficient (Wildman–Crippen LogP) is 10.8. The lowest BCUT2D eigenvalue weighted by Gasteiger charge is -2.41. The van der Waals surface area contributed by atoms with E-state index in [0.717, 1.165) is 43.3 Å². The Bertz CT molecular complexity index is 2790. The number of fused-ring (bicyclic) bond motifs is 6. The molecule has 0 spiro atoms. The molecule has 1 aliphatic rings. The molecule has 0 aromatic heterocycles. The highest BCUT2D eigenvalue weighted by Gasteiger charge is 2.45. The summed E-state index contributed by atoms with van der Waals surface area (Å²) in [5, 5.41) is 34.9. The molecule has 1 fully saturated rings. The Labute approximate surface area is 311 Å². The average Bonchev–Trinajstić information content (AvgIpc) is 3.20. The minimum absolute atomic E-state index is 0.00748. The first-order valence-corrected chi connectivity index (χ1v) is 19.3. The maximum Gasteiger partial charge on any atom is 0.388 e. The van der Waals surface area contributed by atoms with Gasteiger partial charge in [0, 0.05) is 31.2 Å². The molecule has 1 unspecified atom stereocenters. The quantitative estimate of drug-likeness (QED) is 0.0477. The van der Waals surface area contributed by atoms with E-state index in [2.05, 4.69) is 78.9 Å². The van der Waals surface area contributed by atoms with Gasteiger partial charge in [-0.05, 0) is 102 Å². The Kier molecular flexibility index (Phi) is 8.59. The zero-order valence-electron chi connectivity index (χ0n) is 29.1. The number of nitrogens with zero attached hydrogens (tertiary/aromatic N) is 2. The van der Waals surface area contributed by atoms with Gasteiger partial charge in [-0.15, -0.1) is 0 Å². The highest BCUT2D eigenvalue weighted by Crippen LogP contribution is 2.48. The lowest BCUT2D eigenvalue weighted by atomic mass is 9.82. The SMILES string of the molecule is O=[N+]([O-])c1ccccc1CO[Si]1CC(OCc2ccccc2[N+](=O)[O-])(c2c3ccccc3cc3c2ccc2cc4cc5ccccc5cc4cc23)CCO1. The smallest absolute Gasteiger partial charge is 0.388 e. The lowest BCUT2D eigenvalue weighted by Crippen LogP contribution is -2.44. The number of rotatable bonds is 9. The molecule has 0 N–H and O–H groups in total. The summed E-state index contributed by atoms with van der Waals surface area (Å²) >= 11 is 0. The summed E-state index contributed by atoms with van der Waals surface area (Å²) < 4.78 is 19.8. The van der Waals surface area contributed by atoms with Crippen LogP contribution in [0.15, 0.2) is 140 Å². The summed E-state index contributed by atoms with van der Waals surface area (Å²) in [5.74, 6) is 0. The second-order valence-corrected chi connectivity index (χ2v) is 15.4. The molecule has 1 radical (unpaired) electrons. The standard InChI is InChI=1S/C44H33N2O7Si/c47-45(48)41-15-7-4-12-33(41)26-51-44(19-20-52-54(28-44)53-27-34-13-5-8-16-42(34)46(49)50)43-37-14-6-3-11-31(37)24-40-38(43)18-17-32-23-35-21-29-9-1-2-10-30(29)22-36(35)25-39(32)40/h1-18,21-25H,19-20,26-28H2. The van der Waals surface area contributed by atoms with E-state index in [1.54, 1.807) is 36.4 Å². The van der Waals surface area contributed by atoms with Gasteiger partial charge in [0.15, 0.2) is 0 Å². The van der Waals surface area contributed by atoms with Crippen LogP contribution in [0, 0.1) is 20.2 Å². The first-order chi connectivity index (χ1) is 26.4. The van der Waals surface area contributed by atoms with Gasteiger partial charge in [0.2, 0.25) is 0 Å². The van der Waals surface area contributed by atoms with Gasteiger partial charge in [-0.2, -0.15) is 0 Å². The first kappa shape index (κ1) is 33.8. The number of benzene rings is 8. The fourth-order valence-corrected chi connectivity index (χ4v) is 9.86. The van der Waals surface area contributed by atoms with Crippen LogP contribution in [0.4, 0.5) is 11.4 Å². The summed E-state index contributed by atoms with van der Waals surface area (Å²) in [7, 11) is -2.08. The Balaban J connectivity index is 1.22. The van der Waals surface area contributed by atoms with Gasteiger partial charge in [0.05, 0.1) is 39.8 Å². The summed E-state index contributed by atoms with van der Waals surface area (Å²) in [6.07, 6.45) is 0.474. The van der Waals surface area contributed by atoms with Crippen molar-refractivity contribution in [1.29, 1.82) is 0 Å². The van der Waals surface area contributed by atoms with Gasteiger partial charge >= 0.3 is 9.28 Å². The number of hydrogen-bond donors (Lipinski definition) is 0. The maximum absolute atomic E-state index is 12.1. The molecular weight excluding hydrogens is 697 g/mol. The van der Waals surface area contributed by atoms with Crippen molar-refractivity contribution in [2.24, 2.45) is 0 Å². The van der Waals surface area contributed by atoms with Crippen LogP contribution in [-0.4, -0.2) is 25.7 Å². The third-order valence-electron chi connectivity index (χ3n) is 10.6. The van der Waals surface area contributed by atoms with Crippen molar-refractivity contribution in [3.8, 4) is 0 Å². The number of ether oxygens (including phenoxy) is 1. The van der Waals surface area contributed by atoms with Gasteiger partial charge in [-0.1, -0.05) is 84.9 Å². The van der Waals surface area contributed by atoms with Crippen LogP contribution in [0.3, 0.4) is 0 Å². The molecule has 8 aromatic rings. The normalized spacial score (nSPS) is 16.4. The van der Waals surface area contributed by atoms with E-state index in [-0.39, 0.29) is 29.5 Å². The molecule has 9 rings (SSSR count). The maximum atomic E-state index is 12.1. The Morgan fingerprint density at radius 1 is 0.574 bits per heavy atom. The van der Waals surface area contributed by atoms with Crippen LogP contribution in [0.1, 0.15) is 23.1 Å². The molecular formula is C44H33N2O7Si. The van der Waals surface area contributed by atoms with E-state index in [4.69, 9.17) is 13.6 Å². The molecule has 10 heteroatoms. The zero-order chi connectivity index (χ0) is 36.8. The van der Waals surface area contributed by atoms with Crippen molar-refractivity contribution in [2.75, 3.05) is 6.61 Å². The fraction of sp³-hybridized carbons (Fsp3) is 0.136. The van der Waals surface area contributed by atoms with E-state index < -0.39 is 19.8 Å². The average molecular weight is 730 g/mol. The Hall–Kier alpha value is -6.04. The van der Waals surface area contributed by atoms with E-state index in [1.165, 1.54) is 28.3 Å². The molecule has 9 nitrogen and oxygen atoms in total. The molecule has 0 bridgehead atoms. The van der Waals surface area contributed by atoms with Gasteiger partial charge < -0.3 is 13.6 Å². The number of para-hydroxylation sites is 2. The molecule has 265 valence electrons. The second-order valence-electron chi connectivity index (χ2n) is 13.7. The topological polar surface area (TPSA) is 114 Å². The van der Waals surface area contributed by atoms with Crippen molar-refractivity contribution in [3.63, 3.8) is 0 Å².